The lowest BCUT2D eigenvalue weighted by atomic mass is 10.1. The SMILES string of the molecule is CC(C)N1CCN(C2CN(Cc3ncccn3)C2)CC1. The van der Waals surface area contributed by atoms with Crippen molar-refractivity contribution in [3.63, 3.8) is 0 Å². The summed E-state index contributed by atoms with van der Waals surface area (Å²) >= 11 is 0. The number of aromatic nitrogens is 2. The number of piperazine rings is 1. The highest BCUT2D eigenvalue weighted by atomic mass is 15.4. The largest absolute Gasteiger partial charge is 0.298 e. The number of hydrogen-bond donors (Lipinski definition) is 0. The number of hydrogen-bond acceptors (Lipinski definition) is 5. The number of likely N-dealkylation sites (tertiary alicyclic amines) is 1. The summed E-state index contributed by atoms with van der Waals surface area (Å²) in [5.74, 6) is 0.940. The summed E-state index contributed by atoms with van der Waals surface area (Å²) in [6, 6.07) is 3.30. The average Bonchev–Trinajstić information content (AvgIpc) is 2.44. The first-order valence-electron chi connectivity index (χ1n) is 7.69. The van der Waals surface area contributed by atoms with E-state index in [4.69, 9.17) is 0 Å². The van der Waals surface area contributed by atoms with Gasteiger partial charge < -0.3 is 0 Å². The molecule has 3 heterocycles. The maximum Gasteiger partial charge on any atom is 0.142 e. The van der Waals surface area contributed by atoms with E-state index in [2.05, 4.69) is 38.5 Å². The van der Waals surface area contributed by atoms with E-state index in [9.17, 15) is 0 Å². The Morgan fingerprint density at radius 1 is 1.10 bits per heavy atom. The molecule has 1 aromatic heterocycles. The second-order valence-corrected chi connectivity index (χ2v) is 6.18. The van der Waals surface area contributed by atoms with Crippen molar-refractivity contribution in [3.05, 3.63) is 24.3 Å². The first-order valence-corrected chi connectivity index (χ1v) is 7.69. The van der Waals surface area contributed by atoms with Crippen LogP contribution in [0.4, 0.5) is 0 Å². The molecule has 110 valence electrons. The third kappa shape index (κ3) is 3.16. The summed E-state index contributed by atoms with van der Waals surface area (Å²) in [5.41, 5.74) is 0. The van der Waals surface area contributed by atoms with Crippen LogP contribution in [0.3, 0.4) is 0 Å². The lowest BCUT2D eigenvalue weighted by molar-refractivity contribution is -0.00515. The Balaban J connectivity index is 1.40. The fourth-order valence-corrected chi connectivity index (χ4v) is 3.13. The van der Waals surface area contributed by atoms with Crippen molar-refractivity contribution in [2.75, 3.05) is 39.3 Å². The van der Waals surface area contributed by atoms with Gasteiger partial charge in [0.1, 0.15) is 5.82 Å². The summed E-state index contributed by atoms with van der Waals surface area (Å²) in [5, 5.41) is 0. The van der Waals surface area contributed by atoms with E-state index in [0.717, 1.165) is 18.4 Å². The summed E-state index contributed by atoms with van der Waals surface area (Å²) in [6.45, 7) is 12.7. The molecular weight excluding hydrogens is 250 g/mol. The van der Waals surface area contributed by atoms with Crippen molar-refractivity contribution < 1.29 is 0 Å². The summed E-state index contributed by atoms with van der Waals surface area (Å²) in [6.07, 6.45) is 3.65. The second kappa shape index (κ2) is 6.16. The molecule has 0 aromatic carbocycles. The molecule has 0 unspecified atom stereocenters. The van der Waals surface area contributed by atoms with Crippen molar-refractivity contribution in [2.24, 2.45) is 0 Å². The summed E-state index contributed by atoms with van der Waals surface area (Å²) in [7, 11) is 0. The highest BCUT2D eigenvalue weighted by Gasteiger charge is 2.33. The Kier molecular flexibility index (Phi) is 4.29. The lowest BCUT2D eigenvalue weighted by Crippen LogP contribution is -2.63. The van der Waals surface area contributed by atoms with E-state index in [1.165, 1.54) is 39.3 Å². The highest BCUT2D eigenvalue weighted by Crippen LogP contribution is 2.18. The molecule has 0 radical (unpaired) electrons. The molecule has 2 saturated heterocycles. The highest BCUT2D eigenvalue weighted by molar-refractivity contribution is 4.95. The van der Waals surface area contributed by atoms with Gasteiger partial charge in [0.05, 0.1) is 6.54 Å². The lowest BCUT2D eigenvalue weighted by Gasteiger charge is -2.48. The third-order valence-electron chi connectivity index (χ3n) is 4.52. The average molecular weight is 275 g/mol. The van der Waals surface area contributed by atoms with E-state index in [1.54, 1.807) is 0 Å². The van der Waals surface area contributed by atoms with E-state index < -0.39 is 0 Å². The van der Waals surface area contributed by atoms with Gasteiger partial charge in [-0.3, -0.25) is 14.7 Å². The van der Waals surface area contributed by atoms with E-state index in [1.807, 2.05) is 18.5 Å². The van der Waals surface area contributed by atoms with E-state index >= 15 is 0 Å². The van der Waals surface area contributed by atoms with Gasteiger partial charge in [-0.25, -0.2) is 9.97 Å². The maximum absolute atomic E-state index is 4.29. The Morgan fingerprint density at radius 2 is 1.75 bits per heavy atom. The predicted octanol–water partition coefficient (Wildman–Crippen LogP) is 0.687. The van der Waals surface area contributed by atoms with Gasteiger partial charge in [0.15, 0.2) is 0 Å². The van der Waals surface area contributed by atoms with Gasteiger partial charge in [-0.2, -0.15) is 0 Å². The van der Waals surface area contributed by atoms with Gasteiger partial charge in [-0.1, -0.05) is 0 Å². The minimum atomic E-state index is 0.685. The molecule has 1 aromatic rings. The Hall–Kier alpha value is -1.04. The topological polar surface area (TPSA) is 35.5 Å². The first-order chi connectivity index (χ1) is 9.72. The van der Waals surface area contributed by atoms with Crippen molar-refractivity contribution in [3.8, 4) is 0 Å². The quantitative estimate of drug-likeness (QED) is 0.808. The van der Waals surface area contributed by atoms with Gasteiger partial charge in [0, 0.05) is 63.7 Å². The van der Waals surface area contributed by atoms with Crippen LogP contribution in [0.2, 0.25) is 0 Å². The smallest absolute Gasteiger partial charge is 0.142 e. The first kappa shape index (κ1) is 13.9. The van der Waals surface area contributed by atoms with Crippen LogP contribution in [0.1, 0.15) is 19.7 Å². The normalized spacial score (nSPS) is 23.1. The van der Waals surface area contributed by atoms with Crippen molar-refractivity contribution >= 4 is 0 Å². The zero-order valence-corrected chi connectivity index (χ0v) is 12.6. The molecule has 0 N–H and O–H groups in total. The van der Waals surface area contributed by atoms with Crippen LogP contribution >= 0.6 is 0 Å². The van der Waals surface area contributed by atoms with Crippen LogP contribution in [0.15, 0.2) is 18.5 Å². The standard InChI is InChI=1S/C15H25N5/c1-13(2)19-6-8-20(9-7-19)14-10-18(11-14)12-15-16-4-3-5-17-15/h3-5,13-14H,6-12H2,1-2H3. The Labute approximate surface area is 121 Å². The Bertz CT molecular complexity index is 408. The minimum Gasteiger partial charge on any atom is -0.298 e. The van der Waals surface area contributed by atoms with Gasteiger partial charge in [0.2, 0.25) is 0 Å². The molecule has 3 rings (SSSR count). The molecule has 0 spiro atoms. The maximum atomic E-state index is 4.29. The van der Waals surface area contributed by atoms with Crippen molar-refractivity contribution in [1.29, 1.82) is 0 Å². The molecule has 0 saturated carbocycles. The molecule has 0 aliphatic carbocycles. The van der Waals surface area contributed by atoms with Crippen LogP contribution in [-0.4, -0.2) is 76.0 Å². The van der Waals surface area contributed by atoms with Gasteiger partial charge in [0.25, 0.3) is 0 Å². The van der Waals surface area contributed by atoms with E-state index in [0.29, 0.717) is 6.04 Å². The molecule has 2 aliphatic rings. The number of nitrogens with zero attached hydrogens (tertiary/aromatic N) is 5. The molecule has 2 aliphatic heterocycles. The van der Waals surface area contributed by atoms with Crippen molar-refractivity contribution in [1.82, 2.24) is 24.7 Å². The molecular formula is C15H25N5. The molecule has 2 fully saturated rings. The monoisotopic (exact) mass is 275 g/mol. The van der Waals surface area contributed by atoms with Crippen LogP contribution in [0.25, 0.3) is 0 Å². The van der Waals surface area contributed by atoms with Crippen LogP contribution in [0.5, 0.6) is 0 Å². The molecule has 5 nitrogen and oxygen atoms in total. The van der Waals surface area contributed by atoms with Crippen LogP contribution in [0, 0.1) is 0 Å². The number of rotatable bonds is 4. The van der Waals surface area contributed by atoms with Crippen molar-refractivity contribution in [2.45, 2.75) is 32.5 Å². The summed E-state index contributed by atoms with van der Waals surface area (Å²) < 4.78 is 0. The summed E-state index contributed by atoms with van der Waals surface area (Å²) in [4.78, 5) is 16.3. The fraction of sp³-hybridized carbons (Fsp3) is 0.733. The van der Waals surface area contributed by atoms with Gasteiger partial charge >= 0.3 is 0 Å². The Morgan fingerprint density at radius 3 is 2.35 bits per heavy atom. The van der Waals surface area contributed by atoms with Gasteiger partial charge in [-0.15, -0.1) is 0 Å². The van der Waals surface area contributed by atoms with Crippen LogP contribution in [-0.2, 0) is 6.54 Å². The zero-order valence-electron chi connectivity index (χ0n) is 12.6. The second-order valence-electron chi connectivity index (χ2n) is 6.18. The molecule has 0 atom stereocenters. The zero-order chi connectivity index (χ0) is 13.9. The van der Waals surface area contributed by atoms with Gasteiger partial charge in [-0.05, 0) is 19.9 Å². The molecule has 0 bridgehead atoms. The molecule has 20 heavy (non-hydrogen) atoms. The molecule has 0 amide bonds. The predicted molar refractivity (Wildman–Crippen MR) is 79.4 cm³/mol. The third-order valence-corrected chi connectivity index (χ3v) is 4.52. The van der Waals surface area contributed by atoms with E-state index in [-0.39, 0.29) is 0 Å². The fourth-order valence-electron chi connectivity index (χ4n) is 3.13. The minimum absolute atomic E-state index is 0.685. The van der Waals surface area contributed by atoms with Crippen LogP contribution < -0.4 is 0 Å². The molecule has 5 heteroatoms.